The Hall–Kier alpha value is -2.04. The van der Waals surface area contributed by atoms with Crippen molar-refractivity contribution in [3.05, 3.63) is 23.8 Å². The van der Waals surface area contributed by atoms with Crippen LogP contribution in [-0.4, -0.2) is 36.9 Å². The Bertz CT molecular complexity index is 468. The Kier molecular flexibility index (Phi) is 5.36. The molecular formula is C14H20N2O3. The molecule has 2 amide bonds. The van der Waals surface area contributed by atoms with E-state index in [4.69, 9.17) is 4.74 Å². The number of aryl methyl sites for hydroxylation is 1. The highest BCUT2D eigenvalue weighted by atomic mass is 16.5. The third-order valence-electron chi connectivity index (χ3n) is 2.85. The van der Waals surface area contributed by atoms with Crippen LogP contribution in [0.15, 0.2) is 18.2 Å². The van der Waals surface area contributed by atoms with E-state index in [2.05, 4.69) is 5.32 Å². The molecule has 0 spiro atoms. The Balaban J connectivity index is 2.87. The van der Waals surface area contributed by atoms with Gasteiger partial charge in [-0.2, -0.15) is 0 Å². The second kappa shape index (κ2) is 6.78. The first kappa shape index (κ1) is 15.0. The Labute approximate surface area is 113 Å². The lowest BCUT2D eigenvalue weighted by Crippen LogP contribution is -2.39. The molecule has 104 valence electrons. The lowest BCUT2D eigenvalue weighted by molar-refractivity contribution is -0.142. The van der Waals surface area contributed by atoms with Gasteiger partial charge in [0, 0.05) is 13.1 Å². The SMILES string of the molecule is CCN(CC)C(=O)C(=O)Nc1cc(C)ccc1OC. The molecule has 0 bridgehead atoms. The molecule has 0 unspecified atom stereocenters. The molecule has 0 aliphatic heterocycles. The molecule has 0 atom stereocenters. The zero-order chi connectivity index (χ0) is 14.4. The van der Waals surface area contributed by atoms with Gasteiger partial charge in [0.15, 0.2) is 0 Å². The van der Waals surface area contributed by atoms with Gasteiger partial charge in [-0.3, -0.25) is 9.59 Å². The number of benzene rings is 1. The number of nitrogens with zero attached hydrogens (tertiary/aromatic N) is 1. The van der Waals surface area contributed by atoms with Gasteiger partial charge in [-0.05, 0) is 38.5 Å². The molecule has 5 nitrogen and oxygen atoms in total. The minimum atomic E-state index is -0.646. The van der Waals surface area contributed by atoms with E-state index in [1.165, 1.54) is 12.0 Å². The van der Waals surface area contributed by atoms with Gasteiger partial charge in [0.05, 0.1) is 12.8 Å². The summed E-state index contributed by atoms with van der Waals surface area (Å²) in [7, 11) is 1.52. The summed E-state index contributed by atoms with van der Waals surface area (Å²) < 4.78 is 5.15. The van der Waals surface area contributed by atoms with Crippen molar-refractivity contribution >= 4 is 17.5 Å². The average Bonchev–Trinajstić information content (AvgIpc) is 2.40. The zero-order valence-electron chi connectivity index (χ0n) is 11.8. The molecule has 0 fully saturated rings. The fourth-order valence-electron chi connectivity index (χ4n) is 1.75. The van der Waals surface area contributed by atoms with E-state index in [1.54, 1.807) is 12.1 Å². The molecule has 0 saturated heterocycles. The Morgan fingerprint density at radius 2 is 1.89 bits per heavy atom. The number of hydrogen-bond acceptors (Lipinski definition) is 3. The standard InChI is InChI=1S/C14H20N2O3/c1-5-16(6-2)14(18)13(17)15-11-9-10(3)7-8-12(11)19-4/h7-9H,5-6H2,1-4H3,(H,15,17). The maximum absolute atomic E-state index is 11.9. The van der Waals surface area contributed by atoms with Crippen LogP contribution in [-0.2, 0) is 9.59 Å². The van der Waals surface area contributed by atoms with Crippen molar-refractivity contribution in [3.63, 3.8) is 0 Å². The summed E-state index contributed by atoms with van der Waals surface area (Å²) in [5.74, 6) is -0.646. The van der Waals surface area contributed by atoms with Gasteiger partial charge in [-0.15, -0.1) is 0 Å². The molecule has 0 aromatic heterocycles. The van der Waals surface area contributed by atoms with E-state index in [1.807, 2.05) is 26.8 Å². The maximum atomic E-state index is 11.9. The first-order chi connectivity index (χ1) is 9.03. The van der Waals surface area contributed by atoms with Gasteiger partial charge >= 0.3 is 11.8 Å². The smallest absolute Gasteiger partial charge is 0.314 e. The third kappa shape index (κ3) is 3.71. The predicted octanol–water partition coefficient (Wildman–Crippen LogP) is 1.81. The summed E-state index contributed by atoms with van der Waals surface area (Å²) in [4.78, 5) is 25.2. The van der Waals surface area contributed by atoms with E-state index in [0.717, 1.165) is 5.56 Å². The minimum Gasteiger partial charge on any atom is -0.495 e. The van der Waals surface area contributed by atoms with Crippen LogP contribution in [0.5, 0.6) is 5.75 Å². The van der Waals surface area contributed by atoms with Crippen LogP contribution in [0, 0.1) is 6.92 Å². The van der Waals surface area contributed by atoms with Gasteiger partial charge in [0.1, 0.15) is 5.75 Å². The van der Waals surface area contributed by atoms with E-state index < -0.39 is 11.8 Å². The molecule has 1 aromatic rings. The normalized spacial score (nSPS) is 9.89. The number of nitrogens with one attached hydrogen (secondary N) is 1. The molecule has 1 N–H and O–H groups in total. The van der Waals surface area contributed by atoms with Crippen molar-refractivity contribution in [2.24, 2.45) is 0 Å². The van der Waals surface area contributed by atoms with Crippen LogP contribution in [0.2, 0.25) is 0 Å². The molecule has 1 rings (SSSR count). The number of anilines is 1. The average molecular weight is 264 g/mol. The quantitative estimate of drug-likeness (QED) is 0.844. The zero-order valence-corrected chi connectivity index (χ0v) is 11.8. The molecule has 0 saturated carbocycles. The second-order valence-electron chi connectivity index (χ2n) is 4.14. The monoisotopic (exact) mass is 264 g/mol. The van der Waals surface area contributed by atoms with Gasteiger partial charge < -0.3 is 15.0 Å². The Morgan fingerprint density at radius 3 is 2.42 bits per heavy atom. The number of methoxy groups -OCH3 is 1. The number of carbonyl (C=O) groups is 2. The maximum Gasteiger partial charge on any atom is 0.314 e. The van der Waals surface area contributed by atoms with Crippen LogP contribution >= 0.6 is 0 Å². The molecule has 0 radical (unpaired) electrons. The van der Waals surface area contributed by atoms with Gasteiger partial charge in [0.25, 0.3) is 0 Å². The lowest BCUT2D eigenvalue weighted by Gasteiger charge is -2.18. The van der Waals surface area contributed by atoms with E-state index in [-0.39, 0.29) is 0 Å². The van der Waals surface area contributed by atoms with Crippen LogP contribution in [0.1, 0.15) is 19.4 Å². The summed E-state index contributed by atoms with van der Waals surface area (Å²) >= 11 is 0. The van der Waals surface area contributed by atoms with E-state index >= 15 is 0 Å². The first-order valence-corrected chi connectivity index (χ1v) is 6.28. The highest BCUT2D eigenvalue weighted by Crippen LogP contribution is 2.25. The summed E-state index contributed by atoms with van der Waals surface area (Å²) in [6.45, 7) is 6.59. The highest BCUT2D eigenvalue weighted by Gasteiger charge is 2.20. The van der Waals surface area contributed by atoms with Gasteiger partial charge in [0.2, 0.25) is 0 Å². The summed E-state index contributed by atoms with van der Waals surface area (Å²) in [5, 5.41) is 2.60. The van der Waals surface area contributed by atoms with Crippen molar-refractivity contribution in [1.29, 1.82) is 0 Å². The van der Waals surface area contributed by atoms with Crippen molar-refractivity contribution in [2.45, 2.75) is 20.8 Å². The van der Waals surface area contributed by atoms with E-state index in [9.17, 15) is 9.59 Å². The van der Waals surface area contributed by atoms with Crippen LogP contribution in [0.4, 0.5) is 5.69 Å². The van der Waals surface area contributed by atoms with E-state index in [0.29, 0.717) is 24.5 Å². The van der Waals surface area contributed by atoms with Crippen molar-refractivity contribution in [3.8, 4) is 5.75 Å². The molecule has 0 aliphatic carbocycles. The van der Waals surface area contributed by atoms with Crippen molar-refractivity contribution < 1.29 is 14.3 Å². The van der Waals surface area contributed by atoms with Crippen molar-refractivity contribution in [1.82, 2.24) is 4.90 Å². The number of hydrogen-bond donors (Lipinski definition) is 1. The largest absolute Gasteiger partial charge is 0.495 e. The summed E-state index contributed by atoms with van der Waals surface area (Å²) in [5.41, 5.74) is 1.49. The first-order valence-electron chi connectivity index (χ1n) is 6.28. The summed E-state index contributed by atoms with van der Waals surface area (Å²) in [6.07, 6.45) is 0. The third-order valence-corrected chi connectivity index (χ3v) is 2.85. The fourth-order valence-corrected chi connectivity index (χ4v) is 1.75. The summed E-state index contributed by atoms with van der Waals surface area (Å²) in [6, 6.07) is 5.40. The molecule has 1 aromatic carbocycles. The van der Waals surface area contributed by atoms with Crippen molar-refractivity contribution in [2.75, 3.05) is 25.5 Å². The second-order valence-corrected chi connectivity index (χ2v) is 4.14. The van der Waals surface area contributed by atoms with Gasteiger partial charge in [-0.1, -0.05) is 6.07 Å². The van der Waals surface area contributed by atoms with Crippen LogP contribution in [0.25, 0.3) is 0 Å². The number of rotatable bonds is 4. The van der Waals surface area contributed by atoms with Gasteiger partial charge in [-0.25, -0.2) is 0 Å². The number of amides is 2. The fraction of sp³-hybridized carbons (Fsp3) is 0.429. The highest BCUT2D eigenvalue weighted by molar-refractivity contribution is 6.39. The molecule has 19 heavy (non-hydrogen) atoms. The van der Waals surface area contributed by atoms with Crippen LogP contribution in [0.3, 0.4) is 0 Å². The predicted molar refractivity (Wildman–Crippen MR) is 74.3 cm³/mol. The molecule has 5 heteroatoms. The Morgan fingerprint density at radius 1 is 1.26 bits per heavy atom. The number of carbonyl (C=O) groups excluding carboxylic acids is 2. The molecular weight excluding hydrogens is 244 g/mol. The lowest BCUT2D eigenvalue weighted by atomic mass is 10.2. The number of likely N-dealkylation sites (N-methyl/N-ethyl adjacent to an activating group) is 1. The molecule has 0 aliphatic rings. The molecule has 0 heterocycles. The number of ether oxygens (including phenoxy) is 1. The minimum absolute atomic E-state index is 0.507. The van der Waals surface area contributed by atoms with Crippen LogP contribution < -0.4 is 10.1 Å². The topological polar surface area (TPSA) is 58.6 Å².